The van der Waals surface area contributed by atoms with Gasteiger partial charge < -0.3 is 4.74 Å². The molecule has 3 unspecified atom stereocenters. The second-order valence-corrected chi connectivity index (χ2v) is 10.0. The molecule has 3 saturated carbocycles. The monoisotopic (exact) mass is 347 g/mol. The van der Waals surface area contributed by atoms with Crippen molar-refractivity contribution in [1.29, 1.82) is 0 Å². The van der Waals surface area contributed by atoms with Crippen molar-refractivity contribution >= 4 is 10.0 Å². The van der Waals surface area contributed by atoms with E-state index >= 15 is 0 Å². The zero-order chi connectivity index (χ0) is 16.4. The van der Waals surface area contributed by atoms with E-state index in [9.17, 15) is 8.42 Å². The van der Waals surface area contributed by atoms with Crippen molar-refractivity contribution in [3.63, 3.8) is 0 Å². The summed E-state index contributed by atoms with van der Waals surface area (Å²) in [5.41, 5.74) is 1.24. The molecule has 0 radical (unpaired) electrons. The van der Waals surface area contributed by atoms with Gasteiger partial charge in [-0.2, -0.15) is 0 Å². The predicted octanol–water partition coefficient (Wildman–Crippen LogP) is 2.81. The lowest BCUT2D eigenvalue weighted by Gasteiger charge is -2.56. The molecule has 0 aromatic heterocycles. The summed E-state index contributed by atoms with van der Waals surface area (Å²) in [5, 5.41) is -0.250. The van der Waals surface area contributed by atoms with Gasteiger partial charge >= 0.3 is 0 Å². The Kier molecular flexibility index (Phi) is 3.39. The number of fused-ring (bicyclic) bond motifs is 2. The lowest BCUT2D eigenvalue weighted by atomic mass is 9.55. The molecule has 4 aliphatic rings. The van der Waals surface area contributed by atoms with Gasteiger partial charge in [0.1, 0.15) is 0 Å². The molecule has 5 rings (SSSR count). The Labute approximate surface area is 144 Å². The van der Waals surface area contributed by atoms with Crippen LogP contribution in [0.5, 0.6) is 0 Å². The summed E-state index contributed by atoms with van der Waals surface area (Å²) >= 11 is 0. The Bertz CT molecular complexity index is 726. The van der Waals surface area contributed by atoms with Crippen LogP contribution in [0.4, 0.5) is 0 Å². The Balaban J connectivity index is 1.34. The van der Waals surface area contributed by atoms with E-state index in [2.05, 4.69) is 4.72 Å². The number of sulfonamides is 1. The van der Waals surface area contributed by atoms with Crippen molar-refractivity contribution in [3.05, 3.63) is 35.9 Å². The van der Waals surface area contributed by atoms with Gasteiger partial charge in [0.25, 0.3) is 0 Å². The molecule has 130 valence electrons. The summed E-state index contributed by atoms with van der Waals surface area (Å²) in [7, 11) is -3.25. The van der Waals surface area contributed by atoms with Crippen molar-refractivity contribution in [1.82, 2.24) is 4.72 Å². The fourth-order valence-electron chi connectivity index (χ4n) is 5.69. The summed E-state index contributed by atoms with van der Waals surface area (Å²) in [6.45, 7) is 0.797. The van der Waals surface area contributed by atoms with Gasteiger partial charge in [-0.05, 0) is 31.2 Å². The first-order chi connectivity index (χ1) is 11.6. The van der Waals surface area contributed by atoms with Crippen LogP contribution in [-0.4, -0.2) is 32.4 Å². The van der Waals surface area contributed by atoms with Gasteiger partial charge in [0.05, 0.1) is 11.4 Å². The minimum atomic E-state index is -3.25. The van der Waals surface area contributed by atoms with Gasteiger partial charge in [-0.15, -0.1) is 0 Å². The topological polar surface area (TPSA) is 55.4 Å². The van der Waals surface area contributed by atoms with Gasteiger partial charge in [0, 0.05) is 29.9 Å². The van der Waals surface area contributed by atoms with Crippen LogP contribution < -0.4 is 4.72 Å². The lowest BCUT2D eigenvalue weighted by molar-refractivity contribution is -0.123. The molecule has 5 heteroatoms. The minimum Gasteiger partial charge on any atom is -0.377 e. The Morgan fingerprint density at radius 2 is 1.88 bits per heavy atom. The van der Waals surface area contributed by atoms with E-state index < -0.39 is 10.0 Å². The largest absolute Gasteiger partial charge is 0.377 e. The number of ether oxygens (including phenoxy) is 1. The molecule has 1 spiro atoms. The minimum absolute atomic E-state index is 0.0887. The first kappa shape index (κ1) is 15.4. The third-order valence-corrected chi connectivity index (χ3v) is 8.84. The van der Waals surface area contributed by atoms with Crippen molar-refractivity contribution in [2.45, 2.75) is 61.8 Å². The average molecular weight is 347 g/mol. The summed E-state index contributed by atoms with van der Waals surface area (Å²) in [5.74, 6) is 0.561. The molecule has 4 fully saturated rings. The SMILES string of the molecule is O=S(=O)(NC1C2CCOC2C12CCCC2)[C@H]1C[C@@H]1c1ccccc1. The van der Waals surface area contributed by atoms with E-state index in [4.69, 9.17) is 4.74 Å². The number of hydrogen-bond acceptors (Lipinski definition) is 3. The molecule has 0 bridgehead atoms. The lowest BCUT2D eigenvalue weighted by Crippen LogP contribution is -2.68. The van der Waals surface area contributed by atoms with E-state index in [-0.39, 0.29) is 22.6 Å². The smallest absolute Gasteiger partial charge is 0.215 e. The van der Waals surface area contributed by atoms with E-state index in [0.29, 0.717) is 12.0 Å². The summed E-state index contributed by atoms with van der Waals surface area (Å²) < 4.78 is 35.0. The molecule has 1 heterocycles. The number of benzene rings is 1. The molecule has 1 aliphatic heterocycles. The van der Waals surface area contributed by atoms with Crippen LogP contribution >= 0.6 is 0 Å². The van der Waals surface area contributed by atoms with Crippen LogP contribution in [0.15, 0.2) is 30.3 Å². The van der Waals surface area contributed by atoms with Crippen molar-refractivity contribution < 1.29 is 13.2 Å². The second-order valence-electron chi connectivity index (χ2n) is 8.12. The molecule has 1 saturated heterocycles. The van der Waals surface area contributed by atoms with Crippen LogP contribution in [0.2, 0.25) is 0 Å². The summed E-state index contributed by atoms with van der Waals surface area (Å²) in [4.78, 5) is 0. The van der Waals surface area contributed by atoms with Crippen LogP contribution in [0.1, 0.15) is 50.0 Å². The molecule has 4 nitrogen and oxygen atoms in total. The van der Waals surface area contributed by atoms with Gasteiger partial charge in [0.2, 0.25) is 10.0 Å². The number of nitrogens with one attached hydrogen (secondary N) is 1. The first-order valence-corrected chi connectivity index (χ1v) is 10.8. The predicted molar refractivity (Wildman–Crippen MR) is 92.2 cm³/mol. The average Bonchev–Trinajstić information content (AvgIpc) is 3.04. The van der Waals surface area contributed by atoms with E-state index in [0.717, 1.165) is 37.9 Å². The van der Waals surface area contributed by atoms with Crippen LogP contribution in [0, 0.1) is 11.3 Å². The van der Waals surface area contributed by atoms with Gasteiger partial charge in [-0.25, -0.2) is 13.1 Å². The highest BCUT2D eigenvalue weighted by Gasteiger charge is 2.66. The summed E-state index contributed by atoms with van der Waals surface area (Å²) in [6, 6.07) is 10.2. The standard InChI is InChI=1S/C19H25NO3S/c21-24(22,16-12-15(16)13-6-2-1-3-7-13)20-17-14-8-11-23-18(14)19(17)9-4-5-10-19/h1-3,6-7,14-18,20H,4-5,8-12H2/t14?,15-,16+,17?,18?/m1/s1. The third kappa shape index (κ3) is 2.14. The number of hydrogen-bond donors (Lipinski definition) is 1. The number of rotatable bonds is 4. The molecule has 1 aromatic rings. The highest BCUT2D eigenvalue weighted by atomic mass is 32.2. The Morgan fingerprint density at radius 1 is 1.12 bits per heavy atom. The van der Waals surface area contributed by atoms with Crippen molar-refractivity contribution in [3.8, 4) is 0 Å². The van der Waals surface area contributed by atoms with E-state index in [1.807, 2.05) is 30.3 Å². The van der Waals surface area contributed by atoms with E-state index in [1.54, 1.807) is 0 Å². The van der Waals surface area contributed by atoms with E-state index in [1.165, 1.54) is 12.8 Å². The molecule has 0 amide bonds. The molecule has 3 aliphatic carbocycles. The quantitative estimate of drug-likeness (QED) is 0.911. The molecule has 1 N–H and O–H groups in total. The zero-order valence-electron chi connectivity index (χ0n) is 13.9. The maximum absolute atomic E-state index is 13.0. The second kappa shape index (κ2) is 5.29. The van der Waals surface area contributed by atoms with Crippen molar-refractivity contribution in [2.75, 3.05) is 6.61 Å². The van der Waals surface area contributed by atoms with Crippen LogP contribution in [-0.2, 0) is 14.8 Å². The first-order valence-electron chi connectivity index (χ1n) is 9.29. The van der Waals surface area contributed by atoms with Crippen molar-refractivity contribution in [2.24, 2.45) is 11.3 Å². The maximum Gasteiger partial charge on any atom is 0.215 e. The molecule has 24 heavy (non-hydrogen) atoms. The molecular weight excluding hydrogens is 322 g/mol. The fraction of sp³-hybridized carbons (Fsp3) is 0.684. The Morgan fingerprint density at radius 3 is 2.62 bits per heavy atom. The summed E-state index contributed by atoms with van der Waals surface area (Å²) in [6.07, 6.45) is 6.72. The van der Waals surface area contributed by atoms with Crippen LogP contribution in [0.25, 0.3) is 0 Å². The van der Waals surface area contributed by atoms with Crippen LogP contribution in [0.3, 0.4) is 0 Å². The molecule has 5 atom stereocenters. The zero-order valence-corrected chi connectivity index (χ0v) is 14.7. The fourth-order valence-corrected chi connectivity index (χ4v) is 7.68. The normalized spacial score (nSPS) is 39.6. The van der Waals surface area contributed by atoms with Gasteiger partial charge in [-0.3, -0.25) is 0 Å². The van der Waals surface area contributed by atoms with Gasteiger partial charge in [0.15, 0.2) is 0 Å². The molecular formula is C19H25NO3S. The van der Waals surface area contributed by atoms with Gasteiger partial charge in [-0.1, -0.05) is 43.2 Å². The Hall–Kier alpha value is -0.910. The molecule has 1 aromatic carbocycles. The third-order valence-electron chi connectivity index (χ3n) is 6.94. The highest BCUT2D eigenvalue weighted by molar-refractivity contribution is 7.90. The highest BCUT2D eigenvalue weighted by Crippen LogP contribution is 2.61. The maximum atomic E-state index is 13.0.